The number of benzene rings is 1. The van der Waals surface area contributed by atoms with Gasteiger partial charge in [0.2, 0.25) is 0 Å². The molecule has 1 amide bonds. The standard InChI is InChI=1S/C17H21NO4/c1-3-5-12-21-16(19)15(9-4-2)18-17(20)22-13-14-10-7-6-8-11-14/h2,6-8,10-11,15H,3,5,9,12-13H2,1H3,(H,18,20). The molecule has 1 aromatic carbocycles. The topological polar surface area (TPSA) is 64.6 Å². The normalized spacial score (nSPS) is 11.1. The predicted molar refractivity (Wildman–Crippen MR) is 82.9 cm³/mol. The highest BCUT2D eigenvalue weighted by molar-refractivity contribution is 5.81. The van der Waals surface area contributed by atoms with E-state index in [-0.39, 0.29) is 13.0 Å². The van der Waals surface area contributed by atoms with E-state index in [0.717, 1.165) is 18.4 Å². The average molecular weight is 303 g/mol. The number of carbonyl (C=O) groups excluding carboxylic acids is 2. The molecule has 1 N–H and O–H groups in total. The monoisotopic (exact) mass is 303 g/mol. The van der Waals surface area contributed by atoms with Gasteiger partial charge in [-0.15, -0.1) is 12.3 Å². The predicted octanol–water partition coefficient (Wildman–Crippen LogP) is 2.65. The number of unbranched alkanes of at least 4 members (excludes halogenated alkanes) is 1. The minimum atomic E-state index is -0.884. The second-order valence-electron chi connectivity index (χ2n) is 4.69. The Morgan fingerprint density at radius 1 is 1.27 bits per heavy atom. The van der Waals surface area contributed by atoms with Gasteiger partial charge in [0.25, 0.3) is 0 Å². The molecule has 0 saturated heterocycles. The van der Waals surface area contributed by atoms with Crippen molar-refractivity contribution in [3.8, 4) is 12.3 Å². The van der Waals surface area contributed by atoms with Crippen LogP contribution in [0.4, 0.5) is 4.79 Å². The number of ether oxygens (including phenoxy) is 2. The summed E-state index contributed by atoms with van der Waals surface area (Å²) in [6.45, 7) is 2.43. The number of hydrogen-bond donors (Lipinski definition) is 1. The van der Waals surface area contributed by atoms with Crippen LogP contribution >= 0.6 is 0 Å². The Balaban J connectivity index is 2.43. The largest absolute Gasteiger partial charge is 0.464 e. The van der Waals surface area contributed by atoms with Gasteiger partial charge in [-0.05, 0) is 12.0 Å². The van der Waals surface area contributed by atoms with Crippen LogP contribution in [0.3, 0.4) is 0 Å². The summed E-state index contributed by atoms with van der Waals surface area (Å²) in [5.74, 6) is 1.81. The minimum absolute atomic E-state index is 0.0609. The first kappa shape index (κ1) is 17.6. The quantitative estimate of drug-likeness (QED) is 0.455. The summed E-state index contributed by atoms with van der Waals surface area (Å²) in [5.41, 5.74) is 0.858. The first-order chi connectivity index (χ1) is 10.7. The highest BCUT2D eigenvalue weighted by Crippen LogP contribution is 2.02. The lowest BCUT2D eigenvalue weighted by Gasteiger charge is -2.15. The maximum Gasteiger partial charge on any atom is 0.408 e. The van der Waals surface area contributed by atoms with Gasteiger partial charge in [0.15, 0.2) is 0 Å². The van der Waals surface area contributed by atoms with Crippen LogP contribution in [0.1, 0.15) is 31.7 Å². The second-order valence-corrected chi connectivity index (χ2v) is 4.69. The molecule has 0 heterocycles. The Kier molecular flexibility index (Phi) is 8.21. The Morgan fingerprint density at radius 3 is 2.64 bits per heavy atom. The molecule has 5 heteroatoms. The molecule has 22 heavy (non-hydrogen) atoms. The van der Waals surface area contributed by atoms with Gasteiger partial charge in [0.1, 0.15) is 12.6 Å². The Morgan fingerprint density at radius 2 is 2.00 bits per heavy atom. The van der Waals surface area contributed by atoms with Crippen LogP contribution < -0.4 is 5.32 Å². The van der Waals surface area contributed by atoms with Crippen molar-refractivity contribution in [3.05, 3.63) is 35.9 Å². The molecular weight excluding hydrogens is 282 g/mol. The Hall–Kier alpha value is -2.48. The van der Waals surface area contributed by atoms with Crippen LogP contribution in [0.25, 0.3) is 0 Å². The fraction of sp³-hybridized carbons (Fsp3) is 0.412. The van der Waals surface area contributed by atoms with Crippen LogP contribution in [0.2, 0.25) is 0 Å². The molecule has 118 valence electrons. The van der Waals surface area contributed by atoms with Crippen LogP contribution in [-0.4, -0.2) is 24.7 Å². The van der Waals surface area contributed by atoms with Gasteiger partial charge < -0.3 is 14.8 Å². The molecule has 1 aromatic rings. The molecule has 0 fully saturated rings. The van der Waals surface area contributed by atoms with E-state index in [1.807, 2.05) is 37.3 Å². The maximum absolute atomic E-state index is 11.8. The molecule has 0 spiro atoms. The summed E-state index contributed by atoms with van der Waals surface area (Å²) in [6.07, 6.45) is 6.26. The SMILES string of the molecule is C#CCC(NC(=O)OCc1ccccc1)C(=O)OCCCC. The highest BCUT2D eigenvalue weighted by Gasteiger charge is 2.22. The molecule has 1 unspecified atom stereocenters. The third-order valence-corrected chi connectivity index (χ3v) is 2.85. The van der Waals surface area contributed by atoms with Gasteiger partial charge in [0, 0.05) is 6.42 Å². The minimum Gasteiger partial charge on any atom is -0.464 e. The third-order valence-electron chi connectivity index (χ3n) is 2.85. The van der Waals surface area contributed by atoms with Gasteiger partial charge in [0.05, 0.1) is 6.61 Å². The van der Waals surface area contributed by atoms with E-state index in [1.165, 1.54) is 0 Å². The molecule has 5 nitrogen and oxygen atoms in total. The fourth-order valence-corrected chi connectivity index (χ4v) is 1.64. The molecule has 1 rings (SSSR count). The number of carbonyl (C=O) groups is 2. The molecule has 1 atom stereocenters. The van der Waals surface area contributed by atoms with Crippen LogP contribution in [0.15, 0.2) is 30.3 Å². The Labute approximate surface area is 131 Å². The van der Waals surface area contributed by atoms with E-state index in [4.69, 9.17) is 15.9 Å². The molecule has 0 bridgehead atoms. The summed E-state index contributed by atoms with van der Waals surface area (Å²) < 4.78 is 10.1. The summed E-state index contributed by atoms with van der Waals surface area (Å²) >= 11 is 0. The highest BCUT2D eigenvalue weighted by atomic mass is 16.6. The van der Waals surface area contributed by atoms with Crippen molar-refractivity contribution in [2.24, 2.45) is 0 Å². The van der Waals surface area contributed by atoms with Crippen LogP contribution in [0.5, 0.6) is 0 Å². The van der Waals surface area contributed by atoms with Crippen molar-refractivity contribution in [2.45, 2.75) is 38.8 Å². The zero-order valence-electron chi connectivity index (χ0n) is 12.7. The van der Waals surface area contributed by atoms with Crippen molar-refractivity contribution in [2.75, 3.05) is 6.61 Å². The van der Waals surface area contributed by atoms with E-state index in [2.05, 4.69) is 11.2 Å². The lowest BCUT2D eigenvalue weighted by molar-refractivity contribution is -0.146. The number of esters is 1. The van der Waals surface area contributed by atoms with E-state index < -0.39 is 18.1 Å². The lowest BCUT2D eigenvalue weighted by Crippen LogP contribution is -2.42. The van der Waals surface area contributed by atoms with Gasteiger partial charge in [-0.2, -0.15) is 0 Å². The summed E-state index contributed by atoms with van der Waals surface area (Å²) in [4.78, 5) is 23.6. The van der Waals surface area contributed by atoms with E-state index in [9.17, 15) is 9.59 Å². The fourth-order valence-electron chi connectivity index (χ4n) is 1.64. The van der Waals surface area contributed by atoms with Crippen LogP contribution in [-0.2, 0) is 20.9 Å². The number of terminal acetylenes is 1. The zero-order chi connectivity index (χ0) is 16.2. The number of alkyl carbamates (subject to hydrolysis) is 1. The molecule has 0 aliphatic heterocycles. The van der Waals surface area contributed by atoms with E-state index >= 15 is 0 Å². The number of rotatable bonds is 8. The maximum atomic E-state index is 11.8. The van der Waals surface area contributed by atoms with Gasteiger partial charge in [-0.25, -0.2) is 9.59 Å². The molecule has 0 aromatic heterocycles. The first-order valence-electron chi connectivity index (χ1n) is 7.24. The van der Waals surface area contributed by atoms with Crippen molar-refractivity contribution in [1.29, 1.82) is 0 Å². The molecule has 0 radical (unpaired) electrons. The lowest BCUT2D eigenvalue weighted by atomic mass is 10.2. The van der Waals surface area contributed by atoms with Crippen molar-refractivity contribution in [1.82, 2.24) is 5.32 Å². The van der Waals surface area contributed by atoms with E-state index in [1.54, 1.807) is 0 Å². The van der Waals surface area contributed by atoms with E-state index in [0.29, 0.717) is 6.61 Å². The summed E-state index contributed by atoms with van der Waals surface area (Å²) in [5, 5.41) is 2.44. The van der Waals surface area contributed by atoms with Crippen molar-refractivity contribution >= 4 is 12.1 Å². The first-order valence-corrected chi connectivity index (χ1v) is 7.24. The average Bonchev–Trinajstić information content (AvgIpc) is 2.53. The number of nitrogens with one attached hydrogen (secondary N) is 1. The van der Waals surface area contributed by atoms with Crippen LogP contribution in [0, 0.1) is 12.3 Å². The van der Waals surface area contributed by atoms with Gasteiger partial charge >= 0.3 is 12.1 Å². The number of amides is 1. The third kappa shape index (κ3) is 6.80. The Bertz CT molecular complexity index is 507. The van der Waals surface area contributed by atoms with Gasteiger partial charge in [-0.3, -0.25) is 0 Å². The second kappa shape index (κ2) is 10.3. The number of hydrogen-bond acceptors (Lipinski definition) is 4. The molecule has 0 aliphatic rings. The molecule has 0 saturated carbocycles. The molecule has 0 aliphatic carbocycles. The van der Waals surface area contributed by atoms with Gasteiger partial charge in [-0.1, -0.05) is 43.7 Å². The molecular formula is C17H21NO4. The summed E-state index contributed by atoms with van der Waals surface area (Å²) in [6, 6.07) is 8.37. The summed E-state index contributed by atoms with van der Waals surface area (Å²) in [7, 11) is 0. The van der Waals surface area contributed by atoms with Crippen molar-refractivity contribution < 1.29 is 19.1 Å². The van der Waals surface area contributed by atoms with Crippen molar-refractivity contribution in [3.63, 3.8) is 0 Å². The smallest absolute Gasteiger partial charge is 0.408 e. The zero-order valence-corrected chi connectivity index (χ0v) is 12.7.